The van der Waals surface area contributed by atoms with Crippen LogP contribution in [0.4, 0.5) is 0 Å². The number of benzene rings is 2. The molecule has 1 aliphatic carbocycles. The summed E-state index contributed by atoms with van der Waals surface area (Å²) in [5.41, 5.74) is 3.25. The van der Waals surface area contributed by atoms with Crippen LogP contribution >= 0.6 is 0 Å². The summed E-state index contributed by atoms with van der Waals surface area (Å²) in [6.45, 7) is 2.02. The summed E-state index contributed by atoms with van der Waals surface area (Å²) in [6, 6.07) is 18.0. The monoisotopic (exact) mass is 319 g/mol. The molecule has 122 valence electrons. The Bertz CT molecular complexity index is 851. The Morgan fingerprint density at radius 3 is 2.67 bits per heavy atom. The number of fused-ring (bicyclic) bond motifs is 1. The van der Waals surface area contributed by atoms with Crippen LogP contribution in [0.2, 0.25) is 0 Å². The zero-order valence-corrected chi connectivity index (χ0v) is 13.6. The minimum atomic E-state index is 0.632. The van der Waals surface area contributed by atoms with Gasteiger partial charge in [0.25, 0.3) is 0 Å². The first-order chi connectivity index (χ1) is 11.9. The molecule has 2 aromatic carbocycles. The average molecular weight is 319 g/mol. The van der Waals surface area contributed by atoms with Crippen LogP contribution in [0.1, 0.15) is 19.3 Å². The highest BCUT2D eigenvalue weighted by molar-refractivity contribution is 5.77. The van der Waals surface area contributed by atoms with E-state index >= 15 is 0 Å². The SMILES string of the molecule is c1ccc2c(c1)ncn2-c1ccc(OCC2CN2C2CCC2)cc1. The van der Waals surface area contributed by atoms with Crippen molar-refractivity contribution in [1.82, 2.24) is 14.5 Å². The van der Waals surface area contributed by atoms with E-state index < -0.39 is 0 Å². The third kappa shape index (κ3) is 2.47. The second-order valence-corrected chi connectivity index (χ2v) is 6.84. The number of nitrogens with zero attached hydrogens (tertiary/aromatic N) is 3. The molecule has 2 unspecified atom stereocenters. The minimum Gasteiger partial charge on any atom is -0.492 e. The van der Waals surface area contributed by atoms with Crippen LogP contribution in [0.3, 0.4) is 0 Å². The van der Waals surface area contributed by atoms with Gasteiger partial charge in [-0.3, -0.25) is 9.47 Å². The van der Waals surface area contributed by atoms with Crippen molar-refractivity contribution in [2.75, 3.05) is 13.2 Å². The predicted molar refractivity (Wildman–Crippen MR) is 94.7 cm³/mol. The van der Waals surface area contributed by atoms with Crippen LogP contribution in [0.15, 0.2) is 54.9 Å². The Kier molecular flexibility index (Phi) is 3.30. The maximum Gasteiger partial charge on any atom is 0.119 e. The maximum absolute atomic E-state index is 5.97. The second kappa shape index (κ2) is 5.64. The molecule has 1 saturated heterocycles. The Hall–Kier alpha value is -2.33. The van der Waals surface area contributed by atoms with Gasteiger partial charge in [-0.1, -0.05) is 18.6 Å². The summed E-state index contributed by atoms with van der Waals surface area (Å²) in [4.78, 5) is 7.03. The second-order valence-electron chi connectivity index (χ2n) is 6.84. The molecule has 3 aromatic rings. The molecule has 0 spiro atoms. The minimum absolute atomic E-state index is 0.632. The fourth-order valence-electron chi connectivity index (χ4n) is 3.57. The summed E-state index contributed by atoms with van der Waals surface area (Å²) in [7, 11) is 0. The number of hydrogen-bond donors (Lipinski definition) is 0. The van der Waals surface area contributed by atoms with E-state index in [0.717, 1.165) is 35.1 Å². The first kappa shape index (κ1) is 14.1. The molecule has 5 rings (SSSR count). The van der Waals surface area contributed by atoms with Crippen molar-refractivity contribution in [3.05, 3.63) is 54.9 Å². The molecule has 2 heterocycles. The number of ether oxygens (including phenoxy) is 1. The van der Waals surface area contributed by atoms with Gasteiger partial charge in [-0.25, -0.2) is 4.98 Å². The van der Waals surface area contributed by atoms with Gasteiger partial charge in [0.1, 0.15) is 18.7 Å². The highest BCUT2D eigenvalue weighted by Gasteiger charge is 2.42. The quantitative estimate of drug-likeness (QED) is 0.673. The molecule has 0 bridgehead atoms. The van der Waals surface area contributed by atoms with E-state index in [1.54, 1.807) is 0 Å². The van der Waals surface area contributed by atoms with Gasteiger partial charge in [-0.15, -0.1) is 0 Å². The van der Waals surface area contributed by atoms with Gasteiger partial charge in [0.05, 0.1) is 17.1 Å². The highest BCUT2D eigenvalue weighted by Crippen LogP contribution is 2.33. The van der Waals surface area contributed by atoms with Crippen LogP contribution < -0.4 is 4.74 Å². The molecule has 1 aromatic heterocycles. The summed E-state index contributed by atoms with van der Waals surface area (Å²) in [5, 5.41) is 0. The van der Waals surface area contributed by atoms with Crippen molar-refractivity contribution in [2.45, 2.75) is 31.3 Å². The molecule has 0 amide bonds. The number of imidazole rings is 1. The normalized spacial score (nSPS) is 23.2. The zero-order chi connectivity index (χ0) is 15.9. The van der Waals surface area contributed by atoms with E-state index in [1.807, 2.05) is 24.5 Å². The van der Waals surface area contributed by atoms with Gasteiger partial charge in [0.15, 0.2) is 0 Å². The van der Waals surface area contributed by atoms with Crippen LogP contribution in [-0.4, -0.2) is 39.7 Å². The standard InChI is InChI=1S/C20H21N3O/c1-2-7-20-19(6-1)21-14-23(20)16-8-10-18(11-9-16)24-13-17-12-22(17)15-4-3-5-15/h1-2,6-11,14-15,17H,3-5,12-13H2. The largest absolute Gasteiger partial charge is 0.492 e. The first-order valence-electron chi connectivity index (χ1n) is 8.79. The van der Waals surface area contributed by atoms with Gasteiger partial charge in [-0.2, -0.15) is 0 Å². The molecular weight excluding hydrogens is 298 g/mol. The fourth-order valence-corrected chi connectivity index (χ4v) is 3.57. The molecule has 24 heavy (non-hydrogen) atoms. The van der Waals surface area contributed by atoms with E-state index in [1.165, 1.54) is 25.8 Å². The number of aromatic nitrogens is 2. The van der Waals surface area contributed by atoms with Crippen molar-refractivity contribution in [2.24, 2.45) is 0 Å². The summed E-state index contributed by atoms with van der Waals surface area (Å²) >= 11 is 0. The molecule has 2 fully saturated rings. The Labute approximate surface area is 141 Å². The Morgan fingerprint density at radius 1 is 1.04 bits per heavy atom. The smallest absolute Gasteiger partial charge is 0.119 e. The Balaban J connectivity index is 1.26. The van der Waals surface area contributed by atoms with E-state index in [-0.39, 0.29) is 0 Å². The van der Waals surface area contributed by atoms with Crippen molar-refractivity contribution in [3.63, 3.8) is 0 Å². The summed E-state index contributed by atoms with van der Waals surface area (Å²) in [5.74, 6) is 0.948. The lowest BCUT2D eigenvalue weighted by Crippen LogP contribution is -2.29. The van der Waals surface area contributed by atoms with Crippen molar-refractivity contribution >= 4 is 11.0 Å². The molecule has 2 aliphatic rings. The third-order valence-electron chi connectivity index (χ3n) is 5.31. The molecule has 2 atom stereocenters. The van der Waals surface area contributed by atoms with Crippen molar-refractivity contribution < 1.29 is 4.74 Å². The van der Waals surface area contributed by atoms with E-state index in [0.29, 0.717) is 6.04 Å². The Morgan fingerprint density at radius 2 is 1.88 bits per heavy atom. The predicted octanol–water partition coefficient (Wildman–Crippen LogP) is 3.64. The number of rotatable bonds is 5. The fraction of sp³-hybridized carbons (Fsp3) is 0.350. The van der Waals surface area contributed by atoms with Crippen LogP contribution in [-0.2, 0) is 0 Å². The van der Waals surface area contributed by atoms with Crippen molar-refractivity contribution in [1.29, 1.82) is 0 Å². The zero-order valence-electron chi connectivity index (χ0n) is 13.6. The molecular formula is C20H21N3O. The molecule has 4 heteroatoms. The van der Waals surface area contributed by atoms with E-state index in [9.17, 15) is 0 Å². The topological polar surface area (TPSA) is 30.1 Å². The maximum atomic E-state index is 5.97. The lowest BCUT2D eigenvalue weighted by Gasteiger charge is -2.27. The summed E-state index contributed by atoms with van der Waals surface area (Å²) in [6.07, 6.45) is 6.04. The van der Waals surface area contributed by atoms with Gasteiger partial charge >= 0.3 is 0 Å². The lowest BCUT2D eigenvalue weighted by atomic mass is 9.93. The average Bonchev–Trinajstić information content (AvgIpc) is 3.18. The van der Waals surface area contributed by atoms with Crippen LogP contribution in [0.25, 0.3) is 16.7 Å². The molecule has 0 radical (unpaired) electrons. The van der Waals surface area contributed by atoms with Gasteiger partial charge < -0.3 is 4.74 Å². The summed E-state index contributed by atoms with van der Waals surface area (Å²) < 4.78 is 8.08. The first-order valence-corrected chi connectivity index (χ1v) is 8.79. The molecule has 1 aliphatic heterocycles. The van der Waals surface area contributed by atoms with E-state index in [2.05, 4.69) is 44.8 Å². The van der Waals surface area contributed by atoms with E-state index in [4.69, 9.17) is 4.74 Å². The number of para-hydroxylation sites is 2. The lowest BCUT2D eigenvalue weighted by molar-refractivity contribution is 0.215. The molecule has 4 nitrogen and oxygen atoms in total. The van der Waals surface area contributed by atoms with Gasteiger partial charge in [-0.05, 0) is 49.2 Å². The third-order valence-corrected chi connectivity index (χ3v) is 5.31. The van der Waals surface area contributed by atoms with Crippen LogP contribution in [0, 0.1) is 0 Å². The number of hydrogen-bond acceptors (Lipinski definition) is 3. The molecule has 0 N–H and O–H groups in total. The van der Waals surface area contributed by atoms with Gasteiger partial charge in [0.2, 0.25) is 0 Å². The highest BCUT2D eigenvalue weighted by atomic mass is 16.5. The van der Waals surface area contributed by atoms with Crippen LogP contribution in [0.5, 0.6) is 5.75 Å². The van der Waals surface area contributed by atoms with Crippen molar-refractivity contribution in [3.8, 4) is 11.4 Å². The molecule has 1 saturated carbocycles. The van der Waals surface area contributed by atoms with Gasteiger partial charge in [0, 0.05) is 18.3 Å².